The summed E-state index contributed by atoms with van der Waals surface area (Å²) in [4.78, 5) is 0. The molecule has 1 aromatic carbocycles. The summed E-state index contributed by atoms with van der Waals surface area (Å²) in [5.74, 6) is 0.591. The summed E-state index contributed by atoms with van der Waals surface area (Å²) >= 11 is 7.90. The third-order valence-corrected chi connectivity index (χ3v) is 4.98. The first-order valence-corrected chi connectivity index (χ1v) is 7.52. The van der Waals surface area contributed by atoms with Gasteiger partial charge in [0.1, 0.15) is 0 Å². The SMILES string of the molecule is COc1cc(Cl)cc(CNCC2(SC)CC2)c1O. The normalized spacial score (nSPS) is 16.6. The van der Waals surface area contributed by atoms with E-state index in [0.717, 1.165) is 12.1 Å². The van der Waals surface area contributed by atoms with E-state index in [0.29, 0.717) is 22.1 Å². The summed E-state index contributed by atoms with van der Waals surface area (Å²) in [5.41, 5.74) is 0.774. The second-order valence-electron chi connectivity index (χ2n) is 4.61. The van der Waals surface area contributed by atoms with Crippen molar-refractivity contribution in [3.63, 3.8) is 0 Å². The Balaban J connectivity index is 1.98. The Hall–Kier alpha value is -0.580. The maximum absolute atomic E-state index is 9.99. The number of aromatic hydroxyl groups is 1. The van der Waals surface area contributed by atoms with Crippen molar-refractivity contribution in [1.82, 2.24) is 5.32 Å². The zero-order chi connectivity index (χ0) is 13.2. The number of phenols is 1. The van der Waals surface area contributed by atoms with Gasteiger partial charge in [0, 0.05) is 34.5 Å². The average molecular weight is 288 g/mol. The van der Waals surface area contributed by atoms with Gasteiger partial charge < -0.3 is 15.2 Å². The zero-order valence-electron chi connectivity index (χ0n) is 10.6. The number of hydrogen-bond acceptors (Lipinski definition) is 4. The number of thioether (sulfide) groups is 1. The van der Waals surface area contributed by atoms with Crippen molar-refractivity contribution < 1.29 is 9.84 Å². The molecule has 0 heterocycles. The van der Waals surface area contributed by atoms with Crippen LogP contribution in [0.25, 0.3) is 0 Å². The first kappa shape index (κ1) is 13.8. The van der Waals surface area contributed by atoms with Gasteiger partial charge in [-0.15, -0.1) is 0 Å². The Bertz CT molecular complexity index is 435. The van der Waals surface area contributed by atoms with E-state index in [1.54, 1.807) is 12.1 Å². The Kier molecular flexibility index (Phi) is 4.30. The first-order chi connectivity index (χ1) is 8.60. The standard InChI is InChI=1S/C13H18ClNO2S/c1-17-11-6-10(14)5-9(12(11)16)7-15-8-13(18-2)3-4-13/h5-6,15-16H,3-4,7-8H2,1-2H3. The number of methoxy groups -OCH3 is 1. The first-order valence-electron chi connectivity index (χ1n) is 5.91. The van der Waals surface area contributed by atoms with Crippen LogP contribution in [0.5, 0.6) is 11.5 Å². The molecular weight excluding hydrogens is 270 g/mol. The van der Waals surface area contributed by atoms with Crippen LogP contribution in [0.3, 0.4) is 0 Å². The fraction of sp³-hybridized carbons (Fsp3) is 0.538. The highest BCUT2D eigenvalue weighted by Crippen LogP contribution is 2.46. The van der Waals surface area contributed by atoms with E-state index >= 15 is 0 Å². The van der Waals surface area contributed by atoms with Gasteiger partial charge in [0.05, 0.1) is 7.11 Å². The maximum atomic E-state index is 9.99. The number of rotatable bonds is 6. The van der Waals surface area contributed by atoms with Gasteiger partial charge in [0.15, 0.2) is 11.5 Å². The van der Waals surface area contributed by atoms with Crippen molar-refractivity contribution in [2.24, 2.45) is 0 Å². The van der Waals surface area contributed by atoms with E-state index in [4.69, 9.17) is 16.3 Å². The second kappa shape index (κ2) is 5.59. The van der Waals surface area contributed by atoms with Gasteiger partial charge in [-0.2, -0.15) is 11.8 Å². The number of nitrogens with one attached hydrogen (secondary N) is 1. The average Bonchev–Trinajstić information content (AvgIpc) is 3.13. The predicted octanol–water partition coefficient (Wildman–Crippen LogP) is 3.04. The molecule has 3 nitrogen and oxygen atoms in total. The molecule has 1 aliphatic carbocycles. The predicted molar refractivity (Wildman–Crippen MR) is 76.9 cm³/mol. The van der Waals surface area contributed by atoms with Crippen molar-refractivity contribution in [3.8, 4) is 11.5 Å². The molecule has 0 aliphatic heterocycles. The van der Waals surface area contributed by atoms with E-state index in [1.807, 2.05) is 11.8 Å². The lowest BCUT2D eigenvalue weighted by Crippen LogP contribution is -2.25. The number of halogens is 1. The molecule has 0 atom stereocenters. The van der Waals surface area contributed by atoms with E-state index in [9.17, 15) is 5.11 Å². The van der Waals surface area contributed by atoms with Gasteiger partial charge in [-0.3, -0.25) is 0 Å². The lowest BCUT2D eigenvalue weighted by Gasteiger charge is -2.14. The van der Waals surface area contributed by atoms with Crippen LogP contribution in [-0.2, 0) is 6.54 Å². The van der Waals surface area contributed by atoms with Crippen molar-refractivity contribution in [1.29, 1.82) is 0 Å². The lowest BCUT2D eigenvalue weighted by molar-refractivity contribution is 0.369. The van der Waals surface area contributed by atoms with Crippen molar-refractivity contribution in [2.75, 3.05) is 19.9 Å². The molecule has 18 heavy (non-hydrogen) atoms. The molecule has 0 spiro atoms. The quantitative estimate of drug-likeness (QED) is 0.844. The third-order valence-electron chi connectivity index (χ3n) is 3.34. The Morgan fingerprint density at radius 3 is 2.78 bits per heavy atom. The van der Waals surface area contributed by atoms with E-state index in [1.165, 1.54) is 20.0 Å². The number of hydrogen-bond donors (Lipinski definition) is 2. The molecule has 5 heteroatoms. The fourth-order valence-electron chi connectivity index (χ4n) is 1.94. The summed E-state index contributed by atoms with van der Waals surface area (Å²) in [6.07, 6.45) is 4.69. The van der Waals surface area contributed by atoms with Crippen LogP contribution in [0.4, 0.5) is 0 Å². The van der Waals surface area contributed by atoms with Gasteiger partial charge in [-0.05, 0) is 25.2 Å². The molecule has 1 aliphatic rings. The summed E-state index contributed by atoms with van der Waals surface area (Å²) in [5, 5.41) is 13.9. The molecule has 0 amide bonds. The Morgan fingerprint density at radius 1 is 1.50 bits per heavy atom. The largest absolute Gasteiger partial charge is 0.504 e. The molecule has 0 bridgehead atoms. The number of phenolic OH excluding ortho intramolecular Hbond substituents is 1. The minimum atomic E-state index is 0.170. The third kappa shape index (κ3) is 3.05. The summed E-state index contributed by atoms with van der Waals surface area (Å²) in [6, 6.07) is 3.38. The van der Waals surface area contributed by atoms with Crippen LogP contribution in [0.2, 0.25) is 5.02 Å². The van der Waals surface area contributed by atoms with Crippen molar-refractivity contribution in [2.45, 2.75) is 24.1 Å². The molecule has 1 fully saturated rings. The molecule has 0 radical (unpaired) electrons. The van der Waals surface area contributed by atoms with Crippen LogP contribution < -0.4 is 10.1 Å². The highest BCUT2D eigenvalue weighted by Gasteiger charge is 2.41. The second-order valence-corrected chi connectivity index (χ2v) is 6.32. The highest BCUT2D eigenvalue weighted by molar-refractivity contribution is 8.00. The van der Waals surface area contributed by atoms with Gasteiger partial charge in [-0.25, -0.2) is 0 Å². The van der Waals surface area contributed by atoms with E-state index in [2.05, 4.69) is 11.6 Å². The highest BCUT2D eigenvalue weighted by atomic mass is 35.5. The van der Waals surface area contributed by atoms with Crippen molar-refractivity contribution in [3.05, 3.63) is 22.7 Å². The van der Waals surface area contributed by atoms with Gasteiger partial charge in [0.2, 0.25) is 0 Å². The van der Waals surface area contributed by atoms with Crippen LogP contribution in [0, 0.1) is 0 Å². The number of benzene rings is 1. The number of ether oxygens (including phenoxy) is 1. The Labute approximate surface area is 117 Å². The lowest BCUT2D eigenvalue weighted by atomic mass is 10.2. The Morgan fingerprint density at radius 2 is 2.22 bits per heavy atom. The minimum Gasteiger partial charge on any atom is -0.504 e. The van der Waals surface area contributed by atoms with Crippen LogP contribution in [0.1, 0.15) is 18.4 Å². The molecule has 0 unspecified atom stereocenters. The molecule has 0 aromatic heterocycles. The molecule has 2 N–H and O–H groups in total. The molecular formula is C13H18ClNO2S. The zero-order valence-corrected chi connectivity index (χ0v) is 12.2. The topological polar surface area (TPSA) is 41.5 Å². The molecule has 1 aromatic rings. The van der Waals surface area contributed by atoms with Gasteiger partial charge in [-0.1, -0.05) is 11.6 Å². The molecule has 100 valence electrons. The van der Waals surface area contributed by atoms with Crippen LogP contribution >= 0.6 is 23.4 Å². The summed E-state index contributed by atoms with van der Waals surface area (Å²) < 4.78 is 5.50. The maximum Gasteiger partial charge on any atom is 0.162 e. The summed E-state index contributed by atoms with van der Waals surface area (Å²) in [6.45, 7) is 1.56. The monoisotopic (exact) mass is 287 g/mol. The molecule has 1 saturated carbocycles. The van der Waals surface area contributed by atoms with Crippen molar-refractivity contribution >= 4 is 23.4 Å². The van der Waals surface area contributed by atoms with Gasteiger partial charge in [0.25, 0.3) is 0 Å². The molecule has 0 saturated heterocycles. The minimum absolute atomic E-state index is 0.170. The molecule has 2 rings (SSSR count). The van der Waals surface area contributed by atoms with E-state index < -0.39 is 0 Å². The van der Waals surface area contributed by atoms with E-state index in [-0.39, 0.29) is 5.75 Å². The van der Waals surface area contributed by atoms with Gasteiger partial charge >= 0.3 is 0 Å². The summed E-state index contributed by atoms with van der Waals surface area (Å²) in [7, 11) is 1.52. The smallest absolute Gasteiger partial charge is 0.162 e. The van der Waals surface area contributed by atoms with Crippen LogP contribution in [-0.4, -0.2) is 29.8 Å². The fourth-order valence-corrected chi connectivity index (χ4v) is 2.92. The van der Waals surface area contributed by atoms with Crippen LogP contribution in [0.15, 0.2) is 12.1 Å².